The second-order valence-electron chi connectivity index (χ2n) is 10.9. The SMILES string of the molecule is CC(C)c1ccccc1-c1nc(NS(=O)(=O)c2ccccc2)cnc1-c1cccc(OCC(F)(F)C(C)(C)C)c1. The molecule has 4 aromatic rings. The van der Waals surface area contributed by atoms with Gasteiger partial charge in [-0.15, -0.1) is 0 Å². The molecule has 6 nitrogen and oxygen atoms in total. The maximum absolute atomic E-state index is 14.5. The summed E-state index contributed by atoms with van der Waals surface area (Å²) in [4.78, 5) is 9.41. The zero-order valence-electron chi connectivity index (χ0n) is 23.2. The van der Waals surface area contributed by atoms with Gasteiger partial charge in [-0.25, -0.2) is 22.2 Å². The Kier molecular flexibility index (Phi) is 8.25. The Bertz CT molecular complexity index is 1590. The molecule has 1 N–H and O–H groups in total. The fourth-order valence-electron chi connectivity index (χ4n) is 3.97. The Balaban J connectivity index is 1.78. The molecule has 0 aliphatic heterocycles. The maximum Gasteiger partial charge on any atom is 0.286 e. The molecule has 40 heavy (non-hydrogen) atoms. The van der Waals surface area contributed by atoms with Crippen molar-refractivity contribution in [1.82, 2.24) is 9.97 Å². The van der Waals surface area contributed by atoms with Crippen LogP contribution < -0.4 is 9.46 Å². The Morgan fingerprint density at radius 1 is 0.900 bits per heavy atom. The highest BCUT2D eigenvalue weighted by Gasteiger charge is 2.43. The number of nitrogens with zero attached hydrogens (tertiary/aromatic N) is 2. The van der Waals surface area contributed by atoms with E-state index in [1.165, 1.54) is 39.1 Å². The second-order valence-corrected chi connectivity index (χ2v) is 12.6. The fraction of sp³-hybridized carbons (Fsp3) is 0.290. The molecule has 0 amide bonds. The topological polar surface area (TPSA) is 81.2 Å². The monoisotopic (exact) mass is 565 g/mol. The molecular weight excluding hydrogens is 532 g/mol. The van der Waals surface area contributed by atoms with Crippen molar-refractivity contribution in [2.75, 3.05) is 11.3 Å². The predicted molar refractivity (Wildman–Crippen MR) is 154 cm³/mol. The molecule has 0 saturated heterocycles. The van der Waals surface area contributed by atoms with E-state index in [1.807, 2.05) is 24.3 Å². The first-order chi connectivity index (χ1) is 18.8. The predicted octanol–water partition coefficient (Wildman–Crippen LogP) is 7.80. The molecule has 0 fully saturated rings. The first kappa shape index (κ1) is 29.1. The molecule has 0 aliphatic carbocycles. The summed E-state index contributed by atoms with van der Waals surface area (Å²) in [5.41, 5.74) is 2.03. The third kappa shape index (κ3) is 6.47. The number of sulfonamides is 1. The summed E-state index contributed by atoms with van der Waals surface area (Å²) in [6, 6.07) is 22.4. The van der Waals surface area contributed by atoms with E-state index < -0.39 is 28.0 Å². The highest BCUT2D eigenvalue weighted by Crippen LogP contribution is 2.38. The molecule has 4 rings (SSSR count). The standard InChI is InChI=1S/C31H33F2N3O3S/c1-21(2)25-16-9-10-17-26(25)29-28(22-12-11-13-23(18-22)39-20-31(32,33)30(3,4)5)34-19-27(35-29)36-40(37,38)24-14-7-6-8-15-24/h6-19,21H,20H2,1-5H3,(H,35,36). The molecule has 9 heteroatoms. The largest absolute Gasteiger partial charge is 0.487 e. The van der Waals surface area contributed by atoms with Crippen molar-refractivity contribution in [2.24, 2.45) is 5.41 Å². The number of hydrogen-bond acceptors (Lipinski definition) is 5. The van der Waals surface area contributed by atoms with Gasteiger partial charge in [0.1, 0.15) is 5.75 Å². The van der Waals surface area contributed by atoms with Crippen LogP contribution in [-0.2, 0) is 10.0 Å². The van der Waals surface area contributed by atoms with E-state index in [1.54, 1.807) is 42.5 Å². The average Bonchev–Trinajstić information content (AvgIpc) is 2.92. The lowest BCUT2D eigenvalue weighted by Gasteiger charge is -2.30. The van der Waals surface area contributed by atoms with Crippen molar-refractivity contribution in [2.45, 2.75) is 51.4 Å². The minimum absolute atomic E-state index is 0.0541. The summed E-state index contributed by atoms with van der Waals surface area (Å²) in [5.74, 6) is -2.58. The van der Waals surface area contributed by atoms with E-state index in [0.29, 0.717) is 17.0 Å². The van der Waals surface area contributed by atoms with Gasteiger partial charge in [0.2, 0.25) is 0 Å². The summed E-state index contributed by atoms with van der Waals surface area (Å²) >= 11 is 0. The molecule has 1 aromatic heterocycles. The van der Waals surface area contributed by atoms with Crippen LogP contribution in [0.1, 0.15) is 46.1 Å². The Morgan fingerprint density at radius 2 is 1.57 bits per heavy atom. The summed E-state index contributed by atoms with van der Waals surface area (Å²) < 4.78 is 63.1. The van der Waals surface area contributed by atoms with Gasteiger partial charge in [-0.1, -0.05) is 89.2 Å². The van der Waals surface area contributed by atoms with E-state index in [2.05, 4.69) is 23.6 Å². The van der Waals surface area contributed by atoms with E-state index >= 15 is 0 Å². The number of alkyl halides is 2. The van der Waals surface area contributed by atoms with Gasteiger partial charge in [0.05, 0.1) is 22.5 Å². The number of aromatic nitrogens is 2. The van der Waals surface area contributed by atoms with Gasteiger partial charge in [-0.3, -0.25) is 9.71 Å². The van der Waals surface area contributed by atoms with E-state index in [-0.39, 0.29) is 22.4 Å². The number of hydrogen-bond donors (Lipinski definition) is 1. The van der Waals surface area contributed by atoms with Crippen molar-refractivity contribution in [3.63, 3.8) is 0 Å². The molecule has 0 unspecified atom stereocenters. The molecule has 0 spiro atoms. The molecular formula is C31H33F2N3O3S. The number of nitrogens with one attached hydrogen (secondary N) is 1. The maximum atomic E-state index is 14.5. The molecule has 0 radical (unpaired) electrons. The smallest absolute Gasteiger partial charge is 0.286 e. The molecule has 1 heterocycles. The lowest BCUT2D eigenvalue weighted by molar-refractivity contribution is -0.123. The molecule has 210 valence electrons. The van der Waals surface area contributed by atoms with E-state index in [4.69, 9.17) is 9.72 Å². The van der Waals surface area contributed by atoms with Gasteiger partial charge >= 0.3 is 0 Å². The minimum atomic E-state index is -3.90. The van der Waals surface area contributed by atoms with Crippen LogP contribution in [0.3, 0.4) is 0 Å². The zero-order valence-corrected chi connectivity index (χ0v) is 24.0. The van der Waals surface area contributed by atoms with Crippen LogP contribution in [0.5, 0.6) is 5.75 Å². The van der Waals surface area contributed by atoms with Crippen molar-refractivity contribution in [1.29, 1.82) is 0 Å². The highest BCUT2D eigenvalue weighted by atomic mass is 32.2. The van der Waals surface area contributed by atoms with Gasteiger partial charge in [0.15, 0.2) is 12.4 Å². The summed E-state index contributed by atoms with van der Waals surface area (Å²) in [7, 11) is -3.90. The van der Waals surface area contributed by atoms with Gasteiger partial charge < -0.3 is 4.74 Å². The van der Waals surface area contributed by atoms with Crippen LogP contribution in [0.2, 0.25) is 0 Å². The van der Waals surface area contributed by atoms with Crippen molar-refractivity contribution >= 4 is 15.8 Å². The summed E-state index contributed by atoms with van der Waals surface area (Å²) in [6.07, 6.45) is 1.35. The van der Waals surface area contributed by atoms with Gasteiger partial charge in [-0.2, -0.15) is 0 Å². The Labute approximate surface area is 234 Å². The Hall–Kier alpha value is -3.85. The minimum Gasteiger partial charge on any atom is -0.487 e. The van der Waals surface area contributed by atoms with Crippen LogP contribution in [-0.4, -0.2) is 30.9 Å². The number of benzene rings is 3. The lowest BCUT2D eigenvalue weighted by atomic mass is 9.88. The molecule has 0 aliphatic rings. The number of halogens is 2. The average molecular weight is 566 g/mol. The number of anilines is 1. The van der Waals surface area contributed by atoms with Crippen LogP contribution in [0, 0.1) is 5.41 Å². The van der Waals surface area contributed by atoms with Crippen LogP contribution in [0.25, 0.3) is 22.5 Å². The first-order valence-electron chi connectivity index (χ1n) is 12.9. The van der Waals surface area contributed by atoms with E-state index in [9.17, 15) is 17.2 Å². The Morgan fingerprint density at radius 3 is 2.25 bits per heavy atom. The molecule has 3 aromatic carbocycles. The van der Waals surface area contributed by atoms with Crippen molar-refractivity contribution in [3.8, 4) is 28.3 Å². The van der Waals surface area contributed by atoms with Gasteiger partial charge in [0, 0.05) is 16.5 Å². The molecule has 0 atom stereocenters. The lowest BCUT2D eigenvalue weighted by Crippen LogP contribution is -2.39. The second kappa shape index (κ2) is 11.3. The molecule has 0 saturated carbocycles. The van der Waals surface area contributed by atoms with Gasteiger partial charge in [0.25, 0.3) is 15.9 Å². The van der Waals surface area contributed by atoms with Crippen molar-refractivity contribution < 1.29 is 21.9 Å². The zero-order chi connectivity index (χ0) is 29.1. The van der Waals surface area contributed by atoms with Crippen molar-refractivity contribution in [3.05, 3.63) is 90.6 Å². The summed E-state index contributed by atoms with van der Waals surface area (Å²) in [6.45, 7) is 7.74. The van der Waals surface area contributed by atoms with Crippen LogP contribution >= 0.6 is 0 Å². The normalized spacial score (nSPS) is 12.4. The quantitative estimate of drug-likeness (QED) is 0.224. The van der Waals surface area contributed by atoms with Crippen LogP contribution in [0.4, 0.5) is 14.6 Å². The highest BCUT2D eigenvalue weighted by molar-refractivity contribution is 7.92. The number of ether oxygens (including phenoxy) is 1. The fourth-order valence-corrected chi connectivity index (χ4v) is 4.98. The third-order valence-corrected chi connectivity index (χ3v) is 7.90. The van der Waals surface area contributed by atoms with Crippen LogP contribution in [0.15, 0.2) is 90.0 Å². The number of rotatable bonds is 9. The summed E-state index contributed by atoms with van der Waals surface area (Å²) in [5, 5.41) is 0. The van der Waals surface area contributed by atoms with Gasteiger partial charge in [-0.05, 0) is 35.7 Å². The third-order valence-electron chi connectivity index (χ3n) is 6.53. The molecule has 0 bridgehead atoms. The first-order valence-corrected chi connectivity index (χ1v) is 14.4. The van der Waals surface area contributed by atoms with E-state index in [0.717, 1.165) is 11.1 Å².